The molecule has 2 aromatic carbocycles. The van der Waals surface area contributed by atoms with Crippen molar-refractivity contribution in [3.8, 4) is 0 Å². The van der Waals surface area contributed by atoms with Crippen molar-refractivity contribution in [1.29, 1.82) is 0 Å². The summed E-state index contributed by atoms with van der Waals surface area (Å²) in [7, 11) is 0. The van der Waals surface area contributed by atoms with Crippen LogP contribution < -0.4 is 10.6 Å². The second-order valence-electron chi connectivity index (χ2n) is 6.61. The highest BCUT2D eigenvalue weighted by Crippen LogP contribution is 2.30. The Balaban J connectivity index is 1.50. The molecule has 6 heteroatoms. The molecule has 5 nitrogen and oxygen atoms in total. The average molecular weight is 350 g/mol. The van der Waals surface area contributed by atoms with Gasteiger partial charge in [0.15, 0.2) is 0 Å². The molecule has 26 heavy (non-hydrogen) atoms. The molecule has 1 aromatic heterocycles. The first-order chi connectivity index (χ1) is 12.6. The van der Waals surface area contributed by atoms with Crippen LogP contribution in [0.4, 0.5) is 15.9 Å². The third-order valence-electron chi connectivity index (χ3n) is 4.60. The van der Waals surface area contributed by atoms with Crippen LogP contribution in [0.15, 0.2) is 48.8 Å². The molecule has 0 saturated heterocycles. The Morgan fingerprint density at radius 2 is 1.92 bits per heavy atom. The molecule has 3 aromatic rings. The van der Waals surface area contributed by atoms with Crippen LogP contribution in [0, 0.1) is 11.7 Å². The Labute approximate surface area is 150 Å². The molecule has 0 bridgehead atoms. The van der Waals surface area contributed by atoms with Crippen LogP contribution in [-0.4, -0.2) is 15.9 Å². The number of fused-ring (bicyclic) bond motifs is 1. The summed E-state index contributed by atoms with van der Waals surface area (Å²) < 4.78 is 13.9. The van der Waals surface area contributed by atoms with Crippen LogP contribution in [0.25, 0.3) is 10.9 Å². The number of anilines is 2. The van der Waals surface area contributed by atoms with E-state index in [9.17, 15) is 9.18 Å². The largest absolute Gasteiger partial charge is 0.363 e. The van der Waals surface area contributed by atoms with Crippen LogP contribution in [0.2, 0.25) is 0 Å². The maximum absolute atomic E-state index is 13.9. The molecule has 1 unspecified atom stereocenters. The molecule has 1 heterocycles. The lowest BCUT2D eigenvalue weighted by Gasteiger charge is -2.17. The lowest BCUT2D eigenvalue weighted by atomic mass is 10.1. The second kappa shape index (κ2) is 6.71. The molecule has 0 spiro atoms. The van der Waals surface area contributed by atoms with Crippen LogP contribution in [0.1, 0.15) is 31.4 Å². The fourth-order valence-electron chi connectivity index (χ4n) is 2.90. The summed E-state index contributed by atoms with van der Waals surface area (Å²) in [5.74, 6) is 0.504. The number of aromatic nitrogens is 2. The minimum absolute atomic E-state index is 0.0375. The fraction of sp³-hybridized carbons (Fsp3) is 0.250. The van der Waals surface area contributed by atoms with Gasteiger partial charge in [0.25, 0.3) is 0 Å². The van der Waals surface area contributed by atoms with Crippen LogP contribution in [-0.2, 0) is 4.79 Å². The minimum atomic E-state index is -0.364. The monoisotopic (exact) mass is 350 g/mol. The molecule has 1 aliphatic rings. The predicted octanol–water partition coefficient (Wildman–Crippen LogP) is 4.29. The Morgan fingerprint density at radius 3 is 2.65 bits per heavy atom. The number of nitrogens with one attached hydrogen (secondary N) is 2. The lowest BCUT2D eigenvalue weighted by molar-refractivity contribution is -0.117. The van der Waals surface area contributed by atoms with Gasteiger partial charge in [-0.1, -0.05) is 18.2 Å². The van der Waals surface area contributed by atoms with Crippen molar-refractivity contribution < 1.29 is 9.18 Å². The number of benzene rings is 2. The van der Waals surface area contributed by atoms with Gasteiger partial charge in [-0.15, -0.1) is 0 Å². The summed E-state index contributed by atoms with van der Waals surface area (Å²) in [5, 5.41) is 6.89. The van der Waals surface area contributed by atoms with Gasteiger partial charge >= 0.3 is 0 Å². The molecule has 2 N–H and O–H groups in total. The van der Waals surface area contributed by atoms with Crippen molar-refractivity contribution >= 4 is 28.3 Å². The van der Waals surface area contributed by atoms with Gasteiger partial charge in [0.1, 0.15) is 23.5 Å². The van der Waals surface area contributed by atoms with Gasteiger partial charge in [0, 0.05) is 23.0 Å². The van der Waals surface area contributed by atoms with Crippen molar-refractivity contribution in [2.75, 3.05) is 10.6 Å². The lowest BCUT2D eigenvalue weighted by Crippen LogP contribution is -2.13. The number of carbonyl (C=O) groups is 1. The quantitative estimate of drug-likeness (QED) is 0.720. The number of carbonyl (C=O) groups excluding carboxylic acids is 1. The van der Waals surface area contributed by atoms with E-state index in [4.69, 9.17) is 0 Å². The van der Waals surface area contributed by atoms with E-state index in [1.54, 1.807) is 12.1 Å². The number of para-hydroxylation sites is 1. The molecule has 0 radical (unpaired) electrons. The second-order valence-corrected chi connectivity index (χ2v) is 6.61. The van der Waals surface area contributed by atoms with Crippen LogP contribution in [0.3, 0.4) is 0 Å². The SMILES string of the molecule is CC(Nc1ncnc2c(F)cccc12)c1ccc(NC(=O)C2CC2)cc1. The van der Waals surface area contributed by atoms with Crippen molar-refractivity contribution in [2.24, 2.45) is 5.92 Å². The Hall–Kier alpha value is -3.02. The first kappa shape index (κ1) is 16.4. The topological polar surface area (TPSA) is 66.9 Å². The minimum Gasteiger partial charge on any atom is -0.363 e. The zero-order valence-electron chi connectivity index (χ0n) is 14.4. The van der Waals surface area contributed by atoms with E-state index in [0.717, 1.165) is 24.1 Å². The number of rotatable bonds is 5. The van der Waals surface area contributed by atoms with Gasteiger partial charge in [-0.25, -0.2) is 14.4 Å². The number of nitrogens with zero attached hydrogens (tertiary/aromatic N) is 2. The van der Waals surface area contributed by atoms with E-state index in [0.29, 0.717) is 16.7 Å². The van der Waals surface area contributed by atoms with Crippen molar-refractivity contribution in [3.63, 3.8) is 0 Å². The van der Waals surface area contributed by atoms with Crippen molar-refractivity contribution in [3.05, 3.63) is 60.2 Å². The molecule has 1 amide bonds. The third kappa shape index (κ3) is 3.35. The van der Waals surface area contributed by atoms with Gasteiger partial charge < -0.3 is 10.6 Å². The molecule has 0 aliphatic heterocycles. The van der Waals surface area contributed by atoms with E-state index < -0.39 is 0 Å². The average Bonchev–Trinajstić information content (AvgIpc) is 3.48. The standard InChI is InChI=1S/C20H19FN4O/c1-12(13-7-9-15(10-8-13)25-20(26)14-5-6-14)24-19-16-3-2-4-17(21)18(16)22-11-23-19/h2-4,7-12,14H,5-6H2,1H3,(H,25,26)(H,22,23,24). The summed E-state index contributed by atoms with van der Waals surface area (Å²) in [6.45, 7) is 2.00. The van der Waals surface area contributed by atoms with E-state index in [1.807, 2.05) is 31.2 Å². The molecule has 132 valence electrons. The summed E-state index contributed by atoms with van der Waals surface area (Å²) >= 11 is 0. The van der Waals surface area contributed by atoms with E-state index in [2.05, 4.69) is 20.6 Å². The van der Waals surface area contributed by atoms with Gasteiger partial charge in [-0.05, 0) is 49.6 Å². The Kier molecular flexibility index (Phi) is 4.24. The first-order valence-electron chi connectivity index (χ1n) is 8.68. The number of hydrogen-bond donors (Lipinski definition) is 2. The van der Waals surface area contributed by atoms with Crippen LogP contribution in [0.5, 0.6) is 0 Å². The predicted molar refractivity (Wildman–Crippen MR) is 99.3 cm³/mol. The molecule has 4 rings (SSSR count). The summed E-state index contributed by atoms with van der Waals surface area (Å²) in [5.41, 5.74) is 2.14. The molecule has 1 atom stereocenters. The molecular weight excluding hydrogens is 331 g/mol. The number of amides is 1. The third-order valence-corrected chi connectivity index (χ3v) is 4.60. The smallest absolute Gasteiger partial charge is 0.227 e. The highest BCUT2D eigenvalue weighted by molar-refractivity contribution is 5.94. The summed E-state index contributed by atoms with van der Waals surface area (Å²) in [6.07, 6.45) is 3.33. The van der Waals surface area contributed by atoms with Crippen molar-refractivity contribution in [2.45, 2.75) is 25.8 Å². The summed E-state index contributed by atoms with van der Waals surface area (Å²) in [4.78, 5) is 20.1. The van der Waals surface area contributed by atoms with E-state index in [-0.39, 0.29) is 23.7 Å². The zero-order valence-corrected chi connectivity index (χ0v) is 14.4. The fourth-order valence-corrected chi connectivity index (χ4v) is 2.90. The summed E-state index contributed by atoms with van der Waals surface area (Å²) in [6, 6.07) is 12.5. The molecule has 1 saturated carbocycles. The maximum Gasteiger partial charge on any atom is 0.227 e. The molecular formula is C20H19FN4O. The number of hydrogen-bond acceptors (Lipinski definition) is 4. The number of halogens is 1. The normalized spacial score (nSPS) is 14.8. The Bertz CT molecular complexity index is 954. The van der Waals surface area contributed by atoms with E-state index >= 15 is 0 Å². The molecule has 1 fully saturated rings. The van der Waals surface area contributed by atoms with Crippen LogP contribution >= 0.6 is 0 Å². The van der Waals surface area contributed by atoms with Gasteiger partial charge in [0.05, 0.1) is 0 Å². The highest BCUT2D eigenvalue weighted by Gasteiger charge is 2.29. The zero-order chi connectivity index (χ0) is 18.1. The van der Waals surface area contributed by atoms with Gasteiger partial charge in [0.2, 0.25) is 5.91 Å². The van der Waals surface area contributed by atoms with Gasteiger partial charge in [-0.2, -0.15) is 0 Å². The highest BCUT2D eigenvalue weighted by atomic mass is 19.1. The van der Waals surface area contributed by atoms with Crippen molar-refractivity contribution in [1.82, 2.24) is 9.97 Å². The van der Waals surface area contributed by atoms with E-state index in [1.165, 1.54) is 12.4 Å². The Morgan fingerprint density at radius 1 is 1.15 bits per heavy atom. The van der Waals surface area contributed by atoms with Gasteiger partial charge in [-0.3, -0.25) is 4.79 Å². The first-order valence-corrected chi connectivity index (χ1v) is 8.68. The molecule has 1 aliphatic carbocycles. The maximum atomic E-state index is 13.9.